The van der Waals surface area contributed by atoms with Crippen molar-refractivity contribution >= 4 is 89.3 Å². The Kier molecular flexibility index (Phi) is 15.9. The number of nitrogen functional groups attached to an aromatic ring is 1. The van der Waals surface area contributed by atoms with Gasteiger partial charge in [-0.05, 0) is 207 Å². The molecule has 0 saturated carbocycles. The van der Waals surface area contributed by atoms with Crippen LogP contribution >= 0.6 is 34.2 Å². The molecule has 0 fully saturated rings. The van der Waals surface area contributed by atoms with E-state index in [1.807, 2.05) is 35.3 Å². The second-order valence-corrected chi connectivity index (χ2v) is 20.7. The fourth-order valence-electron chi connectivity index (χ4n) is 10.7. The molecule has 0 atom stereocenters. The van der Waals surface area contributed by atoms with Crippen LogP contribution in [-0.4, -0.2) is 4.93 Å². The van der Waals surface area contributed by atoms with E-state index >= 15 is 0 Å². The van der Waals surface area contributed by atoms with Crippen LogP contribution in [-0.2, 0) is 0 Å². The minimum absolute atomic E-state index is 0.251. The summed E-state index contributed by atoms with van der Waals surface area (Å²) in [4.78, 5) is 4.14. The van der Waals surface area contributed by atoms with Crippen LogP contribution in [0.1, 0.15) is 17.8 Å². The summed E-state index contributed by atoms with van der Waals surface area (Å²) >= 11 is 8.13. The minimum Gasteiger partial charge on any atom is -0.399 e. The first-order chi connectivity index (χ1) is 47.8. The lowest BCUT2D eigenvalue weighted by Gasteiger charge is -2.26. The highest BCUT2D eigenvalue weighted by atomic mass is 127. The van der Waals surface area contributed by atoms with Crippen LogP contribution in [0.4, 0.5) is 31.5 Å². The van der Waals surface area contributed by atoms with Gasteiger partial charge in [-0.3, -0.25) is 0 Å². The first-order valence-corrected chi connectivity index (χ1v) is 30.5. The molecule has 0 heterocycles. The zero-order valence-electron chi connectivity index (χ0n) is 58.6. The summed E-state index contributed by atoms with van der Waals surface area (Å²) in [6.45, 7) is 0. The van der Waals surface area contributed by atoms with Crippen LogP contribution in [0.5, 0.6) is 0 Å². The van der Waals surface area contributed by atoms with Gasteiger partial charge in [0.15, 0.2) is 0 Å². The molecule has 14 aromatic carbocycles. The molecule has 0 radical (unpaired) electrons. The summed E-state index contributed by atoms with van der Waals surface area (Å²) < 4.78 is 86.1. The van der Waals surface area contributed by atoms with Gasteiger partial charge in [-0.15, -0.1) is 0 Å². The van der Waals surface area contributed by atoms with Crippen molar-refractivity contribution in [3.8, 4) is 66.8 Å². The van der Waals surface area contributed by atoms with Gasteiger partial charge in [0.05, 0.1) is 0 Å². The number of nitrogens with zero attached hydrogens (tertiary/aromatic N) is 1. The third kappa shape index (κ3) is 13.6. The van der Waals surface area contributed by atoms with Gasteiger partial charge in [-0.2, -0.15) is 0 Å². The summed E-state index contributed by atoms with van der Waals surface area (Å²) in [7, 11) is 0. The lowest BCUT2D eigenvalue weighted by molar-refractivity contribution is 0.627. The van der Waals surface area contributed by atoms with E-state index in [4.69, 9.17) is 35.2 Å². The van der Waals surface area contributed by atoms with Crippen molar-refractivity contribution in [2.24, 2.45) is 0 Å². The van der Waals surface area contributed by atoms with Crippen LogP contribution in [0.25, 0.3) is 99.1 Å². The molecule has 0 aliphatic carbocycles. The molecule has 0 aromatic heterocycles. The number of alkyl halides is 1. The lowest BCUT2D eigenvalue weighted by Crippen LogP contribution is -2.09. The zero-order chi connectivity index (χ0) is 70.5. The monoisotopic (exact) mass is 1260 g/mol. The number of rotatable bonds is 9. The van der Waals surface area contributed by atoms with Crippen molar-refractivity contribution in [1.29, 1.82) is 0 Å². The summed E-state index contributed by atoms with van der Waals surface area (Å²) in [6.07, 6.45) is 0. The smallest absolute Gasteiger partial charge is 0.123 e. The quantitative estimate of drug-likeness (QED) is 0.0887. The van der Waals surface area contributed by atoms with Crippen molar-refractivity contribution in [2.75, 3.05) is 15.6 Å². The largest absolute Gasteiger partial charge is 0.399 e. The predicted molar refractivity (Wildman–Crippen MR) is 381 cm³/mol. The van der Waals surface area contributed by atoms with Crippen LogP contribution in [0.2, 0.25) is 5.02 Å². The number of benzene rings is 14. The third-order valence-corrected chi connectivity index (χ3v) is 15.2. The first kappa shape index (κ1) is 49.9. The normalized spacial score (nSPS) is 11.3. The Balaban J connectivity index is 0.000000311. The highest BCUT2D eigenvalue weighted by Crippen LogP contribution is 2.40. The van der Waals surface area contributed by atoms with E-state index in [2.05, 4.69) is 282 Å². The van der Waals surface area contributed by atoms with Crippen LogP contribution in [0, 0.1) is 11.6 Å². The topological polar surface area (TPSA) is 29.3 Å². The highest BCUT2D eigenvalue weighted by molar-refractivity contribution is 14.1. The Hall–Kier alpha value is -9.66. The summed E-state index contributed by atoms with van der Waals surface area (Å²) in [6, 6.07) is 109. The van der Waals surface area contributed by atoms with Crippen molar-refractivity contribution in [1.82, 2.24) is 0 Å². The molecule has 85 heavy (non-hydrogen) atoms. The van der Waals surface area contributed by atoms with Crippen LogP contribution in [0.15, 0.2) is 322 Å². The Morgan fingerprint density at radius 1 is 0.306 bits per heavy atom. The number of halogens is 4. The molecule has 0 aliphatic rings. The number of nitrogens with two attached hydrogens (primary N) is 1. The third-order valence-electron chi connectivity index (χ3n) is 14.9. The minimum atomic E-state index is -0.257. The van der Waals surface area contributed by atoms with Gasteiger partial charge < -0.3 is 10.6 Å². The van der Waals surface area contributed by atoms with E-state index in [0.29, 0.717) is 5.69 Å². The molecular formula is C79H70ClF2IN2. The van der Waals surface area contributed by atoms with Crippen molar-refractivity contribution in [2.45, 2.75) is 0 Å². The molecule has 2 N–H and O–H groups in total. The molecule has 0 amide bonds. The van der Waals surface area contributed by atoms with Crippen molar-refractivity contribution in [3.63, 3.8) is 0 Å². The van der Waals surface area contributed by atoms with Crippen molar-refractivity contribution in [3.05, 3.63) is 338 Å². The standard InChI is InChI=1S/C50H34FN.C22H15Cl.C6H6FN.CH3I.6H2/c51-43-23-29-46(30-24-43)52(44-25-17-35(18-26-44)39-21-31-49-41(33-39)13-7-15-47(49)37-9-3-1-4-10-37)45-27-19-36(20-28-45)40-22-32-50-42(34-40)14-8-16-48(50)38-11-5-2-6-12-38;23-20-12-9-16(10-13-20)18-11-14-22-19(15-18)7-4-8-21(22)17-5-2-1-3-6-17;7-5-1-3-6(8)4-2-5;1-2;;;;;;/h1-34H;1-15H;1-4H,8H2;1H3;6*1H/i;;;;6*1+1D. The molecule has 0 aliphatic heterocycles. The fourth-order valence-corrected chi connectivity index (χ4v) is 10.9. The maximum atomic E-state index is 14.1. The number of hydrogen-bond acceptors (Lipinski definition) is 2. The summed E-state index contributed by atoms with van der Waals surface area (Å²) in [5.41, 5.74) is 23.1. The molecule has 2 nitrogen and oxygen atoms in total. The average molecular weight is 1260 g/mol. The van der Waals surface area contributed by atoms with Gasteiger partial charge in [0.25, 0.3) is 0 Å². The summed E-state index contributed by atoms with van der Waals surface area (Å²) in [5.74, 6) is -0.507. The van der Waals surface area contributed by atoms with E-state index in [0.717, 1.165) is 44.3 Å². The van der Waals surface area contributed by atoms with Gasteiger partial charge in [0.1, 0.15) is 11.6 Å². The average Bonchev–Trinajstić information content (AvgIpc) is 0.861. The summed E-state index contributed by atoms with van der Waals surface area (Å²) in [5, 5.41) is 8.18. The van der Waals surface area contributed by atoms with Crippen molar-refractivity contribution < 1.29 is 26.6 Å². The Labute approximate surface area is 533 Å². The van der Waals surface area contributed by atoms with E-state index in [-0.39, 0.29) is 11.6 Å². The molecule has 14 aromatic rings. The van der Waals surface area contributed by atoms with Crippen LogP contribution < -0.4 is 10.6 Å². The highest BCUT2D eigenvalue weighted by Gasteiger charge is 2.15. The number of fused-ring (bicyclic) bond motifs is 3. The molecular weight excluding hydrogens is 1180 g/mol. The Bertz CT molecular complexity index is 4350. The Morgan fingerprint density at radius 2 is 0.588 bits per heavy atom. The van der Waals surface area contributed by atoms with Gasteiger partial charge >= 0.3 is 0 Å². The molecule has 424 valence electrons. The molecule has 6 heteroatoms. The second kappa shape index (κ2) is 27.2. The second-order valence-electron chi connectivity index (χ2n) is 20.3. The van der Waals surface area contributed by atoms with E-state index in [1.165, 1.54) is 113 Å². The molecule has 14 rings (SSSR count). The predicted octanol–water partition coefficient (Wildman–Crippen LogP) is 25.0. The first-order valence-electron chi connectivity index (χ1n) is 33.9. The molecule has 0 saturated heterocycles. The Morgan fingerprint density at radius 3 is 0.906 bits per heavy atom. The SMILES string of the molecule is CI.Clc1ccc(-c2ccc3c(-c4ccccc4)cccc3c2)cc1.Fc1ccc(N(c2ccc(-c3ccc4c(-c5ccccc5)cccc4c3)cc2)c2ccc(-c3ccc4c(-c5ccccc5)cccc4c3)cc2)cc1.Nc1ccc(F)cc1.[2H][2H].[2H][2H].[2H][2H].[2H][2H].[2H][2H].[2H][2H]. The molecule has 0 unspecified atom stereocenters. The zero-order valence-corrected chi connectivity index (χ0v) is 49.5. The van der Waals surface area contributed by atoms with Gasteiger partial charge in [-0.1, -0.05) is 253 Å². The lowest BCUT2D eigenvalue weighted by atomic mass is 9.95. The van der Waals surface area contributed by atoms with E-state index < -0.39 is 0 Å². The van der Waals surface area contributed by atoms with Gasteiger partial charge in [0, 0.05) is 45.6 Å². The van der Waals surface area contributed by atoms with Gasteiger partial charge in [-0.25, -0.2) is 8.78 Å². The number of anilines is 4. The molecule has 0 bridgehead atoms. The van der Waals surface area contributed by atoms with Gasteiger partial charge in [0.2, 0.25) is 0 Å². The van der Waals surface area contributed by atoms with E-state index in [1.54, 1.807) is 0 Å². The van der Waals surface area contributed by atoms with E-state index in [9.17, 15) is 8.78 Å². The maximum absolute atomic E-state index is 14.1. The number of hydrogen-bond donors (Lipinski definition) is 1. The molecule has 0 spiro atoms. The van der Waals surface area contributed by atoms with Crippen LogP contribution in [0.3, 0.4) is 0 Å². The fraction of sp³-hybridized carbons (Fsp3) is 0.0127. The maximum Gasteiger partial charge on any atom is 0.123 e.